The lowest BCUT2D eigenvalue weighted by atomic mass is 10.1. The van der Waals surface area contributed by atoms with Crippen LogP contribution in [-0.2, 0) is 0 Å². The number of pyridine rings is 1. The summed E-state index contributed by atoms with van der Waals surface area (Å²) in [5.41, 5.74) is 1.33. The van der Waals surface area contributed by atoms with Crippen molar-refractivity contribution >= 4 is 0 Å². The van der Waals surface area contributed by atoms with Crippen molar-refractivity contribution < 1.29 is 9.13 Å². The lowest BCUT2D eigenvalue weighted by Crippen LogP contribution is -2.01. The maximum Gasteiger partial charge on any atom is 0.247 e. The second kappa shape index (κ2) is 4.18. The monoisotopic (exact) mass is 219 g/mol. The molecular weight excluding hydrogens is 209 g/mol. The molecule has 2 rings (SSSR count). The lowest BCUT2D eigenvalue weighted by molar-refractivity contribution is 0.413. The van der Waals surface area contributed by atoms with Crippen molar-refractivity contribution in [2.75, 3.05) is 7.11 Å². The molecule has 0 spiro atoms. The van der Waals surface area contributed by atoms with Gasteiger partial charge in [0.25, 0.3) is 0 Å². The Morgan fingerprint density at radius 1 is 1.25 bits per heavy atom. The summed E-state index contributed by atoms with van der Waals surface area (Å²) < 4.78 is 18.1. The molecule has 0 fully saturated rings. The number of aromatic amines is 1. The minimum Gasteiger partial charge on any atom is -0.496 e. The largest absolute Gasteiger partial charge is 0.496 e. The summed E-state index contributed by atoms with van der Waals surface area (Å²) in [5.74, 6) is 0.0806. The highest BCUT2D eigenvalue weighted by molar-refractivity contribution is 5.69. The minimum atomic E-state index is -0.356. The summed E-state index contributed by atoms with van der Waals surface area (Å²) >= 11 is 0. The van der Waals surface area contributed by atoms with E-state index in [2.05, 4.69) is 4.98 Å². The van der Waals surface area contributed by atoms with Crippen LogP contribution >= 0.6 is 0 Å². The summed E-state index contributed by atoms with van der Waals surface area (Å²) in [5, 5.41) is 0. The third-order valence-electron chi connectivity index (χ3n) is 2.26. The maximum atomic E-state index is 13.0. The zero-order chi connectivity index (χ0) is 11.5. The molecule has 3 nitrogen and oxygen atoms in total. The van der Waals surface area contributed by atoms with Crippen LogP contribution in [0.25, 0.3) is 11.1 Å². The van der Waals surface area contributed by atoms with Crippen molar-refractivity contribution in [2.24, 2.45) is 0 Å². The Hall–Kier alpha value is -2.10. The first-order chi connectivity index (χ1) is 7.70. The molecule has 0 unspecified atom stereocenters. The van der Waals surface area contributed by atoms with Crippen molar-refractivity contribution in [1.29, 1.82) is 0 Å². The molecule has 2 aromatic rings. The van der Waals surface area contributed by atoms with Gasteiger partial charge in [-0.05, 0) is 18.2 Å². The molecule has 0 aliphatic rings. The Labute approximate surface area is 91.5 Å². The van der Waals surface area contributed by atoms with Gasteiger partial charge in [-0.2, -0.15) is 0 Å². The van der Waals surface area contributed by atoms with E-state index in [1.165, 1.54) is 25.3 Å². The average molecular weight is 219 g/mol. The Kier molecular flexibility index (Phi) is 2.72. The topological polar surface area (TPSA) is 42.1 Å². The summed E-state index contributed by atoms with van der Waals surface area (Å²) in [6, 6.07) is 7.35. The number of hydrogen-bond donors (Lipinski definition) is 1. The third kappa shape index (κ3) is 1.95. The summed E-state index contributed by atoms with van der Waals surface area (Å²) in [4.78, 5) is 13.5. The van der Waals surface area contributed by atoms with Crippen LogP contribution < -0.4 is 10.3 Å². The molecule has 1 aromatic heterocycles. The first-order valence-corrected chi connectivity index (χ1v) is 4.73. The van der Waals surface area contributed by atoms with Gasteiger partial charge >= 0.3 is 0 Å². The van der Waals surface area contributed by atoms with E-state index in [4.69, 9.17) is 4.74 Å². The molecule has 0 atom stereocenters. The van der Waals surface area contributed by atoms with Crippen LogP contribution in [0.15, 0.2) is 41.3 Å². The molecule has 16 heavy (non-hydrogen) atoms. The van der Waals surface area contributed by atoms with Crippen LogP contribution in [0.1, 0.15) is 0 Å². The van der Waals surface area contributed by atoms with E-state index in [1.54, 1.807) is 18.3 Å². The second-order valence-electron chi connectivity index (χ2n) is 3.29. The van der Waals surface area contributed by atoms with E-state index in [9.17, 15) is 9.18 Å². The predicted molar refractivity (Wildman–Crippen MR) is 59.0 cm³/mol. The standard InChI is InChI=1S/C12H10FNO2/c1-16-11-6-9(13)3-4-10(11)8-2-5-12(15)14-7-8/h2-7H,1H3,(H,14,15). The van der Waals surface area contributed by atoms with Crippen LogP contribution in [0.5, 0.6) is 5.75 Å². The molecule has 1 aromatic carbocycles. The van der Waals surface area contributed by atoms with Crippen molar-refractivity contribution in [3.8, 4) is 16.9 Å². The van der Waals surface area contributed by atoms with Crippen LogP contribution in [0, 0.1) is 5.82 Å². The number of rotatable bonds is 2. The van der Waals surface area contributed by atoms with E-state index in [-0.39, 0.29) is 11.4 Å². The molecule has 0 radical (unpaired) electrons. The van der Waals surface area contributed by atoms with Crippen LogP contribution in [-0.4, -0.2) is 12.1 Å². The molecular formula is C12H10FNO2. The summed E-state index contributed by atoms with van der Waals surface area (Å²) in [7, 11) is 1.48. The Balaban J connectivity index is 2.55. The van der Waals surface area contributed by atoms with Gasteiger partial charge in [-0.15, -0.1) is 0 Å². The highest BCUT2D eigenvalue weighted by Crippen LogP contribution is 2.29. The maximum absolute atomic E-state index is 13.0. The number of H-pyrrole nitrogens is 1. The van der Waals surface area contributed by atoms with E-state index in [0.717, 1.165) is 11.1 Å². The molecule has 1 heterocycles. The van der Waals surface area contributed by atoms with Gasteiger partial charge in [0.1, 0.15) is 11.6 Å². The molecule has 82 valence electrons. The van der Waals surface area contributed by atoms with E-state index < -0.39 is 0 Å². The Bertz CT molecular complexity index is 543. The smallest absolute Gasteiger partial charge is 0.247 e. The van der Waals surface area contributed by atoms with Gasteiger partial charge in [-0.1, -0.05) is 0 Å². The van der Waals surface area contributed by atoms with Crippen molar-refractivity contribution in [3.05, 3.63) is 52.7 Å². The van der Waals surface area contributed by atoms with Gasteiger partial charge in [-0.3, -0.25) is 4.79 Å². The molecule has 0 amide bonds. The number of aromatic nitrogens is 1. The zero-order valence-corrected chi connectivity index (χ0v) is 8.66. The highest BCUT2D eigenvalue weighted by Gasteiger charge is 2.06. The quantitative estimate of drug-likeness (QED) is 0.841. The molecule has 0 bridgehead atoms. The van der Waals surface area contributed by atoms with E-state index >= 15 is 0 Å². The minimum absolute atomic E-state index is 0.176. The van der Waals surface area contributed by atoms with Crippen molar-refractivity contribution in [3.63, 3.8) is 0 Å². The van der Waals surface area contributed by atoms with Crippen LogP contribution in [0.2, 0.25) is 0 Å². The van der Waals surface area contributed by atoms with E-state index in [1.807, 2.05) is 0 Å². The van der Waals surface area contributed by atoms with Crippen molar-refractivity contribution in [2.45, 2.75) is 0 Å². The molecule has 0 saturated heterocycles. The fraction of sp³-hybridized carbons (Fsp3) is 0.0833. The highest BCUT2D eigenvalue weighted by atomic mass is 19.1. The normalized spacial score (nSPS) is 10.1. The van der Waals surface area contributed by atoms with Gasteiger partial charge in [0, 0.05) is 29.5 Å². The summed E-state index contributed by atoms with van der Waals surface area (Å²) in [6.07, 6.45) is 1.57. The van der Waals surface area contributed by atoms with Gasteiger partial charge in [0.05, 0.1) is 7.11 Å². The molecule has 4 heteroatoms. The van der Waals surface area contributed by atoms with Gasteiger partial charge < -0.3 is 9.72 Å². The lowest BCUT2D eigenvalue weighted by Gasteiger charge is -2.07. The van der Waals surface area contributed by atoms with Gasteiger partial charge in [-0.25, -0.2) is 4.39 Å². The number of benzene rings is 1. The molecule has 0 saturated carbocycles. The number of ether oxygens (including phenoxy) is 1. The third-order valence-corrected chi connectivity index (χ3v) is 2.26. The Morgan fingerprint density at radius 3 is 2.69 bits per heavy atom. The molecule has 0 aliphatic heterocycles. The summed E-state index contributed by atoms with van der Waals surface area (Å²) in [6.45, 7) is 0. The Morgan fingerprint density at radius 2 is 2.06 bits per heavy atom. The first-order valence-electron chi connectivity index (χ1n) is 4.73. The number of nitrogens with one attached hydrogen (secondary N) is 1. The fourth-order valence-electron chi connectivity index (χ4n) is 1.48. The van der Waals surface area contributed by atoms with Crippen molar-refractivity contribution in [1.82, 2.24) is 4.98 Å². The predicted octanol–water partition coefficient (Wildman–Crippen LogP) is 2.19. The number of hydrogen-bond acceptors (Lipinski definition) is 2. The number of halogens is 1. The van der Waals surface area contributed by atoms with Gasteiger partial charge in [0.2, 0.25) is 5.56 Å². The van der Waals surface area contributed by atoms with Crippen LogP contribution in [0.4, 0.5) is 4.39 Å². The number of methoxy groups -OCH3 is 1. The fourth-order valence-corrected chi connectivity index (χ4v) is 1.48. The average Bonchev–Trinajstić information content (AvgIpc) is 2.30. The molecule has 1 N–H and O–H groups in total. The molecule has 0 aliphatic carbocycles. The van der Waals surface area contributed by atoms with E-state index in [0.29, 0.717) is 5.75 Å². The first kappa shape index (κ1) is 10.4. The second-order valence-corrected chi connectivity index (χ2v) is 3.29. The van der Waals surface area contributed by atoms with Crippen LogP contribution in [0.3, 0.4) is 0 Å². The van der Waals surface area contributed by atoms with Gasteiger partial charge in [0.15, 0.2) is 0 Å². The zero-order valence-electron chi connectivity index (χ0n) is 8.66. The SMILES string of the molecule is COc1cc(F)ccc1-c1ccc(=O)[nH]c1.